The molecule has 2 aliphatic rings. The number of aliphatic hydroxyl groups is 7. The van der Waals surface area contributed by atoms with E-state index in [2.05, 4.69) is 15.4 Å². The van der Waals surface area contributed by atoms with Crippen molar-refractivity contribution in [2.45, 2.75) is 59.1 Å². The van der Waals surface area contributed by atoms with E-state index in [1.165, 1.54) is 0 Å². The molecule has 0 radical (unpaired) electrons. The Bertz CT molecular complexity index is 1280. The molecule has 2 aliphatic heterocycles. The zero-order chi connectivity index (χ0) is 30.2. The fourth-order valence-corrected chi connectivity index (χ4v) is 8.71. The third-order valence-corrected chi connectivity index (χ3v) is 11.1. The van der Waals surface area contributed by atoms with Gasteiger partial charge in [0.2, 0.25) is 0 Å². The summed E-state index contributed by atoms with van der Waals surface area (Å²) in [6.45, 7) is -2.92. The number of H-pyrrole nitrogens is 1. The summed E-state index contributed by atoms with van der Waals surface area (Å²) >= 11 is 5.46. The van der Waals surface area contributed by atoms with Crippen molar-refractivity contribution in [3.63, 3.8) is 0 Å². The Morgan fingerprint density at radius 2 is 1.90 bits per heavy atom. The Balaban J connectivity index is 1.69. The van der Waals surface area contributed by atoms with E-state index in [-0.39, 0.29) is 0 Å². The smallest absolute Gasteiger partial charge is 0.394 e. The molecule has 2 fully saturated rings. The van der Waals surface area contributed by atoms with Crippen molar-refractivity contribution < 1.29 is 68.2 Å². The highest BCUT2D eigenvalue weighted by Crippen LogP contribution is 2.62. The summed E-state index contributed by atoms with van der Waals surface area (Å²) in [7, 11) is -5.48. The quantitative estimate of drug-likeness (QED) is 0.0802. The number of aliphatic hydroxyl groups excluding tert-OH is 6. The lowest BCUT2D eigenvalue weighted by molar-refractivity contribution is -0.292. The van der Waals surface area contributed by atoms with E-state index in [1.807, 2.05) is 4.98 Å². The van der Waals surface area contributed by atoms with Gasteiger partial charge in [0, 0.05) is 12.3 Å². The second-order valence-corrected chi connectivity index (χ2v) is 14.4. The van der Waals surface area contributed by atoms with Crippen LogP contribution in [0.4, 0.5) is 0 Å². The minimum Gasteiger partial charge on any atom is -0.394 e. The molecule has 22 heteroatoms. The van der Waals surface area contributed by atoms with Gasteiger partial charge in [-0.15, -0.1) is 18.3 Å². The van der Waals surface area contributed by atoms with Crippen molar-refractivity contribution in [3.8, 4) is 0 Å². The molecular weight excluding hydrogens is 626 g/mol. The molecule has 40 heavy (non-hydrogen) atoms. The first-order valence-corrected chi connectivity index (χ1v) is 16.2. The molecule has 0 aromatic carbocycles. The Labute approximate surface area is 233 Å². The molecule has 0 aliphatic carbocycles. The van der Waals surface area contributed by atoms with Crippen LogP contribution < -0.4 is 11.2 Å². The molecule has 12 atom stereocenters. The zero-order valence-electron chi connectivity index (χ0n) is 20.1. The lowest BCUT2D eigenvalue weighted by Crippen LogP contribution is -2.61. The van der Waals surface area contributed by atoms with Gasteiger partial charge < -0.3 is 54.8 Å². The van der Waals surface area contributed by atoms with Crippen molar-refractivity contribution in [1.82, 2.24) is 9.55 Å². The van der Waals surface area contributed by atoms with Crippen LogP contribution in [0.3, 0.4) is 0 Å². The summed E-state index contributed by atoms with van der Waals surface area (Å²) in [4.78, 5) is 46.0. The van der Waals surface area contributed by atoms with E-state index in [1.54, 1.807) is 0 Å². The second kappa shape index (κ2) is 12.8. The van der Waals surface area contributed by atoms with Gasteiger partial charge in [0.25, 0.3) is 5.56 Å². The van der Waals surface area contributed by atoms with Crippen LogP contribution in [0.25, 0.3) is 0 Å². The Kier molecular flexibility index (Phi) is 10.7. The predicted molar refractivity (Wildman–Crippen MR) is 137 cm³/mol. The minimum atomic E-state index is -5.48. The van der Waals surface area contributed by atoms with Gasteiger partial charge in [0.05, 0.1) is 18.5 Å². The molecular formula is C18H28N2O16P2S2. The third-order valence-electron chi connectivity index (χ3n) is 5.97. The summed E-state index contributed by atoms with van der Waals surface area (Å²) in [5, 5.41) is 67.9. The average molecular weight is 655 g/mol. The Morgan fingerprint density at radius 1 is 1.25 bits per heavy atom. The SMILES string of the molecule is C=C[C@@]1(O)[C@H](O)[C@@H](COP(O)(=S)OP(=O)(O)OC2OC([C@@H](O)CO)C(O)C(O)C2O)S[C@H]1n1ccc(=O)[nH]c1=O. The van der Waals surface area contributed by atoms with Crippen LogP contribution in [0.1, 0.15) is 5.37 Å². The van der Waals surface area contributed by atoms with Crippen molar-refractivity contribution in [1.29, 1.82) is 0 Å². The van der Waals surface area contributed by atoms with Gasteiger partial charge >= 0.3 is 20.2 Å². The summed E-state index contributed by atoms with van der Waals surface area (Å²) in [6, 6.07) is 1.00. The summed E-state index contributed by atoms with van der Waals surface area (Å²) < 4.78 is 32.5. The first-order valence-electron chi connectivity index (χ1n) is 11.2. The number of phosphoric ester groups is 1. The number of thioether (sulfide) groups is 1. The highest BCUT2D eigenvalue weighted by Gasteiger charge is 2.55. The molecule has 0 bridgehead atoms. The molecule has 2 saturated heterocycles. The van der Waals surface area contributed by atoms with E-state index in [9.17, 15) is 54.6 Å². The molecule has 0 amide bonds. The molecule has 3 rings (SSSR count). The molecule has 1 aromatic rings. The van der Waals surface area contributed by atoms with Crippen molar-refractivity contribution in [2.75, 3.05) is 13.2 Å². The Morgan fingerprint density at radius 3 is 2.48 bits per heavy atom. The molecule has 18 nitrogen and oxygen atoms in total. The van der Waals surface area contributed by atoms with E-state index in [4.69, 9.17) is 26.2 Å². The largest absolute Gasteiger partial charge is 0.481 e. The summed E-state index contributed by atoms with van der Waals surface area (Å²) in [5.74, 6) is 0. The number of nitrogens with zero attached hydrogens (tertiary/aromatic N) is 1. The Hall–Kier alpha value is -0.870. The van der Waals surface area contributed by atoms with Crippen molar-refractivity contribution in [2.24, 2.45) is 0 Å². The lowest BCUT2D eigenvalue weighted by atomic mass is 9.94. The van der Waals surface area contributed by atoms with Crippen LogP contribution in [0.5, 0.6) is 0 Å². The summed E-state index contributed by atoms with van der Waals surface area (Å²) in [6.07, 6.45) is -11.6. The number of aromatic nitrogens is 2. The minimum absolute atomic E-state index is 0.711. The maximum atomic E-state index is 12.5. The third kappa shape index (κ3) is 7.19. The van der Waals surface area contributed by atoms with E-state index >= 15 is 0 Å². The standard InChI is InChI=1S/C18H28N2O16P2S2/c1-2-18(29)14(27)8(40-16(18)20-4-3-9(23)19-17(20)28)6-33-38(32,39)36-37(30,31)35-15-12(26)10(24)11(25)13(34-15)7(22)5-21/h2-4,7-8,10-16,21-22,24-27,29H,1,5-6H2,(H,30,31)(H,32,39)(H,19,23,28)/t7-,8+,10?,11?,12?,13?,14+,15?,16+,18+,38?/m0/s1. The zero-order valence-corrected chi connectivity index (χ0v) is 23.5. The van der Waals surface area contributed by atoms with Gasteiger partial charge in [-0.25, -0.2) is 13.7 Å². The fraction of sp³-hybridized carbons (Fsp3) is 0.667. The van der Waals surface area contributed by atoms with Crippen LogP contribution in [0, 0.1) is 0 Å². The van der Waals surface area contributed by atoms with Gasteiger partial charge in [0.1, 0.15) is 47.6 Å². The average Bonchev–Trinajstić information content (AvgIpc) is 3.12. The van der Waals surface area contributed by atoms with Crippen LogP contribution >= 0.6 is 26.3 Å². The highest BCUT2D eigenvalue weighted by atomic mass is 32.5. The van der Waals surface area contributed by atoms with E-state index < -0.39 is 98.1 Å². The van der Waals surface area contributed by atoms with Crippen molar-refractivity contribution in [3.05, 3.63) is 45.8 Å². The molecule has 3 heterocycles. The van der Waals surface area contributed by atoms with Gasteiger partial charge in [-0.2, -0.15) is 0 Å². The number of nitrogens with one attached hydrogen (secondary N) is 1. The lowest BCUT2D eigenvalue weighted by Gasteiger charge is -2.41. The first-order chi connectivity index (χ1) is 18.5. The van der Waals surface area contributed by atoms with Gasteiger partial charge in [-0.05, 0) is 11.8 Å². The molecule has 1 aromatic heterocycles. The summed E-state index contributed by atoms with van der Waals surface area (Å²) in [5.41, 5.74) is -3.77. The second-order valence-electron chi connectivity index (χ2n) is 8.69. The number of phosphoric acid groups is 1. The van der Waals surface area contributed by atoms with Gasteiger partial charge in [0.15, 0.2) is 6.29 Å². The van der Waals surface area contributed by atoms with Crippen LogP contribution in [0.15, 0.2) is 34.5 Å². The molecule has 7 unspecified atom stereocenters. The topological polar surface area (TPSA) is 291 Å². The maximum Gasteiger partial charge on any atom is 0.481 e. The maximum absolute atomic E-state index is 12.5. The van der Waals surface area contributed by atoms with E-state index in [0.29, 0.717) is 0 Å². The molecule has 0 spiro atoms. The first kappa shape index (κ1) is 33.6. The van der Waals surface area contributed by atoms with Gasteiger partial charge in [-0.3, -0.25) is 18.9 Å². The number of aromatic amines is 1. The monoisotopic (exact) mass is 654 g/mol. The fourth-order valence-electron chi connectivity index (χ4n) is 3.90. The normalized spacial score (nSPS) is 38.3. The van der Waals surface area contributed by atoms with Crippen LogP contribution in [-0.4, -0.2) is 122 Å². The number of ether oxygens (including phenoxy) is 1. The highest BCUT2D eigenvalue weighted by molar-refractivity contribution is 8.08. The molecule has 0 saturated carbocycles. The van der Waals surface area contributed by atoms with Crippen molar-refractivity contribution >= 4 is 38.1 Å². The van der Waals surface area contributed by atoms with Crippen LogP contribution in [0.2, 0.25) is 0 Å². The number of hydrogen-bond acceptors (Lipinski definition) is 16. The van der Waals surface area contributed by atoms with Crippen LogP contribution in [-0.2, 0) is 34.5 Å². The van der Waals surface area contributed by atoms with Gasteiger partial charge in [-0.1, -0.05) is 6.08 Å². The number of hydrogen-bond donors (Lipinski definition) is 10. The molecule has 228 valence electrons. The van der Waals surface area contributed by atoms with E-state index in [0.717, 1.165) is 34.7 Å². The number of rotatable bonds is 11. The predicted octanol–water partition coefficient (Wildman–Crippen LogP) is -4.04. The molecule has 10 N–H and O–H groups in total.